The van der Waals surface area contributed by atoms with Crippen molar-refractivity contribution in [3.05, 3.63) is 66.0 Å². The molecule has 1 fully saturated rings. The summed E-state index contributed by atoms with van der Waals surface area (Å²) in [7, 11) is 2.00. The molecule has 0 spiro atoms. The Morgan fingerprint density at radius 3 is 2.41 bits per heavy atom. The molecule has 2 aromatic carbocycles. The number of nitrogens with zero attached hydrogens (tertiary/aromatic N) is 2. The van der Waals surface area contributed by atoms with Crippen LogP contribution in [0.5, 0.6) is 0 Å². The molecule has 0 saturated heterocycles. The number of para-hydroxylation sites is 2. The summed E-state index contributed by atoms with van der Waals surface area (Å²) in [5.41, 5.74) is 4.37. The zero-order valence-electron chi connectivity index (χ0n) is 23.7. The first kappa shape index (κ1) is 28.8. The number of hydrogen-bond donors (Lipinski definition) is 2. The minimum Gasteiger partial charge on any atom is -0.460 e. The van der Waals surface area contributed by atoms with Crippen LogP contribution in [0.25, 0.3) is 11.0 Å². The van der Waals surface area contributed by atoms with Crippen LogP contribution in [0, 0.1) is 5.41 Å². The predicted molar refractivity (Wildman–Crippen MR) is 152 cm³/mol. The second kappa shape index (κ2) is 12.7. The Kier molecular flexibility index (Phi) is 9.40. The zero-order chi connectivity index (χ0) is 27.9. The van der Waals surface area contributed by atoms with Crippen molar-refractivity contribution in [2.75, 3.05) is 6.54 Å². The van der Waals surface area contributed by atoms with Crippen molar-refractivity contribution in [2.24, 2.45) is 12.5 Å². The van der Waals surface area contributed by atoms with Crippen LogP contribution in [-0.4, -0.2) is 39.6 Å². The summed E-state index contributed by atoms with van der Waals surface area (Å²) in [4.78, 5) is 37.1. The summed E-state index contributed by atoms with van der Waals surface area (Å²) in [5.74, 6) is 0.456. The van der Waals surface area contributed by atoms with Gasteiger partial charge in [-0.05, 0) is 57.7 Å². The smallest absolute Gasteiger partial charge is 0.313 e. The molecule has 1 atom stereocenters. The average molecular weight is 535 g/mol. The second-order valence-corrected chi connectivity index (χ2v) is 11.6. The Balaban J connectivity index is 1.47. The van der Waals surface area contributed by atoms with Gasteiger partial charge in [-0.15, -0.1) is 0 Å². The first-order valence-corrected chi connectivity index (χ1v) is 14.0. The molecule has 3 aromatic rings. The lowest BCUT2D eigenvalue weighted by Gasteiger charge is -2.38. The summed E-state index contributed by atoms with van der Waals surface area (Å²) >= 11 is 0. The molecule has 4 rings (SSSR count). The molecule has 210 valence electrons. The van der Waals surface area contributed by atoms with Gasteiger partial charge in [-0.1, -0.05) is 61.7 Å². The van der Waals surface area contributed by atoms with Gasteiger partial charge in [-0.2, -0.15) is 0 Å². The molecule has 8 heteroatoms. The number of carbonyl (C=O) groups is 2. The van der Waals surface area contributed by atoms with E-state index in [-0.39, 0.29) is 18.5 Å². The van der Waals surface area contributed by atoms with Gasteiger partial charge in [-0.3, -0.25) is 14.4 Å². The van der Waals surface area contributed by atoms with Crippen molar-refractivity contribution in [1.29, 1.82) is 0 Å². The van der Waals surface area contributed by atoms with Crippen molar-refractivity contribution in [2.45, 2.75) is 84.0 Å². The fourth-order valence-corrected chi connectivity index (χ4v) is 5.24. The van der Waals surface area contributed by atoms with E-state index < -0.39 is 17.1 Å². The number of fused-ring (bicyclic) bond motifs is 1. The zero-order valence-corrected chi connectivity index (χ0v) is 23.7. The Hall–Kier alpha value is -3.23. The van der Waals surface area contributed by atoms with E-state index in [1.807, 2.05) is 82.4 Å². The number of nitrogens with one attached hydrogen (secondary N) is 2. The van der Waals surface area contributed by atoms with Crippen molar-refractivity contribution >= 4 is 22.9 Å². The number of ether oxygens (including phenoxy) is 1. The lowest BCUT2D eigenvalue weighted by molar-refractivity contribution is -0.170. The number of amides is 1. The van der Waals surface area contributed by atoms with E-state index in [0.29, 0.717) is 19.4 Å². The molecule has 39 heavy (non-hydrogen) atoms. The lowest BCUT2D eigenvalue weighted by Crippen LogP contribution is -2.52. The van der Waals surface area contributed by atoms with Gasteiger partial charge in [0.15, 0.2) is 0 Å². The average Bonchev–Trinajstić information content (AvgIpc) is 3.24. The minimum atomic E-state index is -0.646. The molecule has 8 nitrogen and oxygen atoms in total. The van der Waals surface area contributed by atoms with Crippen LogP contribution in [0.2, 0.25) is 0 Å². The number of hydroxylamine groups is 1. The van der Waals surface area contributed by atoms with E-state index in [1.54, 1.807) is 0 Å². The van der Waals surface area contributed by atoms with Crippen LogP contribution in [0.3, 0.4) is 0 Å². The number of aryl methyl sites for hydroxylation is 2. The van der Waals surface area contributed by atoms with Crippen LogP contribution in [0.1, 0.15) is 70.7 Å². The molecule has 0 radical (unpaired) electrons. The third-order valence-corrected chi connectivity index (χ3v) is 7.44. The summed E-state index contributed by atoms with van der Waals surface area (Å²) in [5, 5.41) is 3.44. The highest BCUT2D eigenvalue weighted by atomic mass is 16.6. The van der Waals surface area contributed by atoms with Crippen LogP contribution >= 0.6 is 0 Å². The molecule has 2 N–H and O–H groups in total. The van der Waals surface area contributed by atoms with E-state index >= 15 is 0 Å². The number of imidazole rings is 1. The van der Waals surface area contributed by atoms with Crippen molar-refractivity contribution in [1.82, 2.24) is 20.3 Å². The number of carbonyl (C=O) groups excluding carboxylic acids is 2. The highest BCUT2D eigenvalue weighted by Crippen LogP contribution is 2.38. The Morgan fingerprint density at radius 1 is 1.03 bits per heavy atom. The maximum Gasteiger partial charge on any atom is 0.313 e. The number of aromatic nitrogens is 2. The van der Waals surface area contributed by atoms with Gasteiger partial charge >= 0.3 is 5.97 Å². The SMILES string of the molecule is Cn1c(CC[C@H](NCC2(C(=O)OC(C)(C)C)CCCCC2)C(=O)NOCc2ccccc2)nc2ccccc21. The number of benzene rings is 2. The monoisotopic (exact) mass is 534 g/mol. The van der Waals surface area contributed by atoms with Gasteiger partial charge in [0.25, 0.3) is 5.91 Å². The van der Waals surface area contributed by atoms with E-state index in [2.05, 4.69) is 15.4 Å². The molecule has 0 aliphatic heterocycles. The highest BCUT2D eigenvalue weighted by Gasteiger charge is 2.43. The molecule has 1 heterocycles. The summed E-state index contributed by atoms with van der Waals surface area (Å²) in [6.07, 6.45) is 5.64. The Labute approximate surface area is 231 Å². The molecule has 1 aliphatic carbocycles. The van der Waals surface area contributed by atoms with Crippen LogP contribution in [0.4, 0.5) is 0 Å². The maximum atomic E-state index is 13.4. The summed E-state index contributed by atoms with van der Waals surface area (Å²) in [6.45, 7) is 6.33. The third kappa shape index (κ3) is 7.67. The van der Waals surface area contributed by atoms with E-state index in [0.717, 1.165) is 54.5 Å². The molecule has 0 unspecified atom stereocenters. The Bertz CT molecular complexity index is 1240. The number of esters is 1. The highest BCUT2D eigenvalue weighted by molar-refractivity contribution is 5.81. The first-order chi connectivity index (χ1) is 18.7. The molecule has 1 saturated carbocycles. The van der Waals surface area contributed by atoms with Gasteiger partial charge in [0, 0.05) is 20.0 Å². The molecule has 1 amide bonds. The second-order valence-electron chi connectivity index (χ2n) is 11.6. The number of hydrogen-bond acceptors (Lipinski definition) is 6. The summed E-state index contributed by atoms with van der Waals surface area (Å²) in [6, 6.07) is 17.1. The molecular weight excluding hydrogens is 492 g/mol. The predicted octanol–water partition coefficient (Wildman–Crippen LogP) is 5.00. The molecule has 0 bridgehead atoms. The normalized spacial score (nSPS) is 16.1. The van der Waals surface area contributed by atoms with Crippen molar-refractivity contribution in [3.63, 3.8) is 0 Å². The van der Waals surface area contributed by atoms with E-state index in [9.17, 15) is 9.59 Å². The van der Waals surface area contributed by atoms with Crippen LogP contribution in [-0.2, 0) is 39.2 Å². The fourth-order valence-electron chi connectivity index (χ4n) is 5.24. The van der Waals surface area contributed by atoms with Gasteiger partial charge in [-0.25, -0.2) is 10.5 Å². The van der Waals surface area contributed by atoms with Gasteiger partial charge < -0.3 is 14.6 Å². The molecule has 1 aliphatic rings. The minimum absolute atomic E-state index is 0.183. The fraction of sp³-hybridized carbons (Fsp3) is 0.516. The Morgan fingerprint density at radius 2 is 1.72 bits per heavy atom. The third-order valence-electron chi connectivity index (χ3n) is 7.44. The maximum absolute atomic E-state index is 13.4. The lowest BCUT2D eigenvalue weighted by atomic mass is 9.73. The van der Waals surface area contributed by atoms with Crippen molar-refractivity contribution < 1.29 is 19.2 Å². The van der Waals surface area contributed by atoms with Crippen molar-refractivity contribution in [3.8, 4) is 0 Å². The summed E-state index contributed by atoms with van der Waals surface area (Å²) < 4.78 is 7.92. The topological polar surface area (TPSA) is 94.5 Å². The molecule has 1 aromatic heterocycles. The van der Waals surface area contributed by atoms with Gasteiger partial charge in [0.1, 0.15) is 11.4 Å². The standard InChI is InChI=1S/C31H42N4O4/c1-30(2,3)39-29(37)31(19-11-6-12-20-31)22-32-25(28(36)34-38-21-23-13-7-5-8-14-23)17-18-27-33-24-15-9-10-16-26(24)35(27)4/h5,7-10,13-16,25,32H,6,11-12,17-22H2,1-4H3,(H,34,36)/t25-/m0/s1. The first-order valence-electron chi connectivity index (χ1n) is 14.0. The largest absolute Gasteiger partial charge is 0.460 e. The van der Waals surface area contributed by atoms with Crippen LogP contribution in [0.15, 0.2) is 54.6 Å². The van der Waals surface area contributed by atoms with Gasteiger partial charge in [0.2, 0.25) is 0 Å². The molecular formula is C31H42N4O4. The van der Waals surface area contributed by atoms with E-state index in [4.69, 9.17) is 14.6 Å². The number of rotatable bonds is 11. The van der Waals surface area contributed by atoms with E-state index in [1.165, 1.54) is 0 Å². The van der Waals surface area contributed by atoms with Crippen LogP contribution < -0.4 is 10.8 Å². The quantitative estimate of drug-likeness (QED) is 0.265. The van der Waals surface area contributed by atoms with Gasteiger partial charge in [0.05, 0.1) is 29.1 Å².